The maximum Gasteiger partial charge on any atom is 0.303 e. The van der Waals surface area contributed by atoms with E-state index in [4.69, 9.17) is 14.4 Å². The average molecular weight is 228 g/mol. The molecule has 0 aliphatic heterocycles. The minimum atomic E-state index is -0.893. The molecule has 7 heteroatoms. The van der Waals surface area contributed by atoms with E-state index in [1.165, 1.54) is 13.2 Å². The highest BCUT2D eigenvalue weighted by Crippen LogP contribution is 2.09. The highest BCUT2D eigenvalue weighted by Gasteiger charge is 2.12. The highest BCUT2D eigenvalue weighted by atomic mass is 16.5. The summed E-state index contributed by atoms with van der Waals surface area (Å²) in [5, 5.41) is 14.3. The van der Waals surface area contributed by atoms with Gasteiger partial charge in [-0.3, -0.25) is 9.59 Å². The van der Waals surface area contributed by atoms with Gasteiger partial charge in [0.1, 0.15) is 0 Å². The van der Waals surface area contributed by atoms with Gasteiger partial charge in [0.15, 0.2) is 0 Å². The SMILES string of the molecule is COc1cc(C(=O)NCCCC(=O)O)on1. The van der Waals surface area contributed by atoms with Gasteiger partial charge in [0.2, 0.25) is 5.76 Å². The third kappa shape index (κ3) is 3.60. The summed E-state index contributed by atoms with van der Waals surface area (Å²) in [5.41, 5.74) is 0. The molecule has 0 spiro atoms. The van der Waals surface area contributed by atoms with E-state index in [-0.39, 0.29) is 24.6 Å². The molecule has 0 bridgehead atoms. The molecule has 1 heterocycles. The van der Waals surface area contributed by atoms with Gasteiger partial charge in [0.05, 0.1) is 13.2 Å². The van der Waals surface area contributed by atoms with Crippen LogP contribution in [-0.4, -0.2) is 35.8 Å². The van der Waals surface area contributed by atoms with E-state index in [1.807, 2.05) is 0 Å². The zero-order chi connectivity index (χ0) is 12.0. The Morgan fingerprint density at radius 1 is 1.62 bits per heavy atom. The van der Waals surface area contributed by atoms with E-state index in [1.54, 1.807) is 0 Å². The van der Waals surface area contributed by atoms with Crippen LogP contribution in [0.4, 0.5) is 0 Å². The number of aromatic nitrogens is 1. The number of carbonyl (C=O) groups excluding carboxylic acids is 1. The summed E-state index contributed by atoms with van der Waals surface area (Å²) < 4.78 is 9.43. The van der Waals surface area contributed by atoms with E-state index in [2.05, 4.69) is 10.5 Å². The summed E-state index contributed by atoms with van der Waals surface area (Å²) in [6.07, 6.45) is 0.381. The van der Waals surface area contributed by atoms with Gasteiger partial charge < -0.3 is 19.7 Å². The molecule has 0 aromatic carbocycles. The number of amides is 1. The van der Waals surface area contributed by atoms with Crippen molar-refractivity contribution in [2.24, 2.45) is 0 Å². The lowest BCUT2D eigenvalue weighted by molar-refractivity contribution is -0.137. The monoisotopic (exact) mass is 228 g/mol. The van der Waals surface area contributed by atoms with E-state index < -0.39 is 11.9 Å². The smallest absolute Gasteiger partial charge is 0.303 e. The third-order valence-corrected chi connectivity index (χ3v) is 1.77. The molecule has 16 heavy (non-hydrogen) atoms. The molecule has 0 saturated heterocycles. The predicted octanol–water partition coefficient (Wildman–Crippen LogP) is 0.278. The number of nitrogens with zero attached hydrogens (tertiary/aromatic N) is 1. The van der Waals surface area contributed by atoms with Crippen molar-refractivity contribution in [3.63, 3.8) is 0 Å². The first-order chi connectivity index (χ1) is 7.63. The molecule has 0 unspecified atom stereocenters. The second kappa shape index (κ2) is 5.74. The van der Waals surface area contributed by atoms with Crippen LogP contribution < -0.4 is 10.1 Å². The fraction of sp³-hybridized carbons (Fsp3) is 0.444. The van der Waals surface area contributed by atoms with Crippen LogP contribution in [0.5, 0.6) is 5.88 Å². The Morgan fingerprint density at radius 2 is 2.38 bits per heavy atom. The normalized spacial score (nSPS) is 9.81. The van der Waals surface area contributed by atoms with Gasteiger partial charge in [0, 0.05) is 13.0 Å². The first-order valence-electron chi connectivity index (χ1n) is 4.64. The van der Waals surface area contributed by atoms with Crippen LogP contribution in [-0.2, 0) is 4.79 Å². The molecule has 1 aromatic rings. The summed E-state index contributed by atoms with van der Waals surface area (Å²) in [5.74, 6) is -1.08. The molecule has 88 valence electrons. The van der Waals surface area contributed by atoms with Crippen LogP contribution in [0.15, 0.2) is 10.6 Å². The number of hydrogen-bond acceptors (Lipinski definition) is 5. The second-order valence-electron chi connectivity index (χ2n) is 2.99. The molecule has 1 aromatic heterocycles. The van der Waals surface area contributed by atoms with E-state index in [0.717, 1.165) is 0 Å². The van der Waals surface area contributed by atoms with Gasteiger partial charge >= 0.3 is 5.97 Å². The van der Waals surface area contributed by atoms with E-state index >= 15 is 0 Å². The van der Waals surface area contributed by atoms with Crippen LogP contribution in [0.1, 0.15) is 23.4 Å². The molecule has 2 N–H and O–H groups in total. The molecule has 0 atom stereocenters. The maximum atomic E-state index is 11.4. The van der Waals surface area contributed by atoms with Crippen LogP contribution in [0, 0.1) is 0 Å². The van der Waals surface area contributed by atoms with Crippen LogP contribution >= 0.6 is 0 Å². The van der Waals surface area contributed by atoms with Gasteiger partial charge in [-0.2, -0.15) is 0 Å². The van der Waals surface area contributed by atoms with Gasteiger partial charge in [-0.05, 0) is 11.6 Å². The number of rotatable bonds is 6. The number of methoxy groups -OCH3 is 1. The molecule has 1 rings (SSSR count). The summed E-state index contributed by atoms with van der Waals surface area (Å²) >= 11 is 0. The van der Waals surface area contributed by atoms with Crippen LogP contribution in [0.2, 0.25) is 0 Å². The topological polar surface area (TPSA) is 102 Å². The average Bonchev–Trinajstić information content (AvgIpc) is 2.72. The summed E-state index contributed by atoms with van der Waals surface area (Å²) in [6.45, 7) is 0.272. The zero-order valence-corrected chi connectivity index (χ0v) is 8.73. The van der Waals surface area contributed by atoms with Crippen molar-refractivity contribution >= 4 is 11.9 Å². The molecule has 0 saturated carbocycles. The molecule has 0 fully saturated rings. The second-order valence-corrected chi connectivity index (χ2v) is 2.99. The summed E-state index contributed by atoms with van der Waals surface area (Å²) in [7, 11) is 1.41. The minimum absolute atomic E-state index is 0.0139. The molecular weight excluding hydrogens is 216 g/mol. The van der Waals surface area contributed by atoms with Crippen molar-refractivity contribution in [2.45, 2.75) is 12.8 Å². The number of carboxylic acid groups (broad SMARTS) is 1. The van der Waals surface area contributed by atoms with E-state index in [0.29, 0.717) is 6.42 Å². The highest BCUT2D eigenvalue weighted by molar-refractivity contribution is 5.91. The lowest BCUT2D eigenvalue weighted by Gasteiger charge is -1.99. The fourth-order valence-corrected chi connectivity index (χ4v) is 0.991. The fourth-order valence-electron chi connectivity index (χ4n) is 0.991. The molecule has 7 nitrogen and oxygen atoms in total. The first kappa shape index (κ1) is 12.0. The number of carboxylic acids is 1. The van der Waals surface area contributed by atoms with Crippen molar-refractivity contribution in [1.29, 1.82) is 0 Å². The quantitative estimate of drug-likeness (QED) is 0.678. The van der Waals surface area contributed by atoms with Crippen molar-refractivity contribution in [2.75, 3.05) is 13.7 Å². The van der Waals surface area contributed by atoms with Gasteiger partial charge in [0.25, 0.3) is 11.8 Å². The minimum Gasteiger partial charge on any atom is -0.481 e. The lowest BCUT2D eigenvalue weighted by atomic mass is 10.3. The number of aliphatic carboxylic acids is 1. The van der Waals surface area contributed by atoms with Gasteiger partial charge in [-0.25, -0.2) is 0 Å². The number of nitrogens with one attached hydrogen (secondary N) is 1. The Balaban J connectivity index is 2.32. The molecule has 0 aliphatic carbocycles. The largest absolute Gasteiger partial charge is 0.481 e. The molecule has 0 aliphatic rings. The standard InChI is InChI=1S/C9H12N2O5/c1-15-7-5-6(16-11-7)9(14)10-4-2-3-8(12)13/h5H,2-4H2,1H3,(H,10,14)(H,12,13). The molecule has 1 amide bonds. The third-order valence-electron chi connectivity index (χ3n) is 1.77. The summed E-state index contributed by atoms with van der Waals surface area (Å²) in [6, 6.07) is 1.35. The number of carbonyl (C=O) groups is 2. The van der Waals surface area contributed by atoms with Gasteiger partial charge in [-0.1, -0.05) is 0 Å². The van der Waals surface area contributed by atoms with E-state index in [9.17, 15) is 9.59 Å². The predicted molar refractivity (Wildman–Crippen MR) is 52.3 cm³/mol. The number of ether oxygens (including phenoxy) is 1. The molecular formula is C9H12N2O5. The van der Waals surface area contributed by atoms with Crippen LogP contribution in [0.3, 0.4) is 0 Å². The van der Waals surface area contributed by atoms with Crippen molar-refractivity contribution in [3.05, 3.63) is 11.8 Å². The Kier molecular flexibility index (Phi) is 4.31. The lowest BCUT2D eigenvalue weighted by Crippen LogP contribution is -2.24. The Labute approximate surface area is 91.4 Å². The van der Waals surface area contributed by atoms with Crippen molar-refractivity contribution in [3.8, 4) is 5.88 Å². The number of hydrogen-bond donors (Lipinski definition) is 2. The first-order valence-corrected chi connectivity index (χ1v) is 4.64. The van der Waals surface area contributed by atoms with Crippen molar-refractivity contribution < 1.29 is 24.0 Å². The molecule has 0 radical (unpaired) electrons. The Morgan fingerprint density at radius 3 is 2.94 bits per heavy atom. The van der Waals surface area contributed by atoms with Crippen LogP contribution in [0.25, 0.3) is 0 Å². The van der Waals surface area contributed by atoms with Gasteiger partial charge in [-0.15, -0.1) is 0 Å². The van der Waals surface area contributed by atoms with Crippen molar-refractivity contribution in [1.82, 2.24) is 10.5 Å². The maximum absolute atomic E-state index is 11.4. The Hall–Kier alpha value is -2.05. The zero-order valence-electron chi connectivity index (χ0n) is 8.73. The Bertz CT molecular complexity index is 374. The summed E-state index contributed by atoms with van der Waals surface area (Å²) in [4.78, 5) is 21.6.